The fourth-order valence-corrected chi connectivity index (χ4v) is 5.53. The second kappa shape index (κ2) is 11.0. The number of fused-ring (bicyclic) bond motifs is 1. The molecule has 0 radical (unpaired) electrons. The van der Waals surface area contributed by atoms with E-state index < -0.39 is 11.9 Å². The van der Waals surface area contributed by atoms with Gasteiger partial charge in [0.05, 0.1) is 11.0 Å². The molecular weight excluding hydrogens is 464 g/mol. The largest absolute Gasteiger partial charge is 0.388 e. The lowest BCUT2D eigenvalue weighted by Gasteiger charge is -2.32. The average molecular weight is 497 g/mol. The summed E-state index contributed by atoms with van der Waals surface area (Å²) in [6, 6.07) is 24.5. The molecule has 190 valence electrons. The van der Waals surface area contributed by atoms with E-state index in [1.807, 2.05) is 47.0 Å². The molecule has 3 aromatic carbocycles. The van der Waals surface area contributed by atoms with Gasteiger partial charge >= 0.3 is 0 Å². The molecule has 0 spiro atoms. The SMILES string of the molecule is NC(=O)[C@@H](NC(=O)[C@@H]1CCCC[C@H]1c1ccc(Cn2c(CO)nc3ccccc32)cc1)c1ccccc1. The third-order valence-corrected chi connectivity index (χ3v) is 7.43. The summed E-state index contributed by atoms with van der Waals surface area (Å²) in [7, 11) is 0. The fraction of sp³-hybridized carbons (Fsp3) is 0.300. The van der Waals surface area contributed by atoms with Gasteiger partial charge in [-0.25, -0.2) is 4.98 Å². The molecule has 4 aromatic rings. The molecular formula is C30H32N4O3. The van der Waals surface area contributed by atoms with Gasteiger partial charge in [0.2, 0.25) is 11.8 Å². The van der Waals surface area contributed by atoms with Crippen LogP contribution in [0.3, 0.4) is 0 Å². The van der Waals surface area contributed by atoms with Crippen molar-refractivity contribution >= 4 is 22.8 Å². The Bertz CT molecular complexity index is 1380. The summed E-state index contributed by atoms with van der Waals surface area (Å²) in [5.41, 5.74) is 10.4. The zero-order valence-electron chi connectivity index (χ0n) is 20.7. The van der Waals surface area contributed by atoms with Crippen molar-refractivity contribution < 1.29 is 14.7 Å². The second-order valence-corrected chi connectivity index (χ2v) is 9.75. The standard InChI is InChI=1S/C30H32N4O3/c31-29(36)28(22-8-2-1-3-9-22)33-30(37)24-11-5-4-10-23(24)21-16-14-20(15-17-21)18-34-26-13-7-6-12-25(26)32-27(34)19-35/h1-3,6-9,12-17,23-24,28,35H,4-5,10-11,18-19H2,(H2,31,36)(H,33,37)/t23-,24+,28-/m0/s1. The number of primary amides is 1. The van der Waals surface area contributed by atoms with Crippen LogP contribution in [0.25, 0.3) is 11.0 Å². The van der Waals surface area contributed by atoms with Gasteiger partial charge in [0, 0.05) is 12.5 Å². The molecule has 1 aliphatic rings. The zero-order valence-corrected chi connectivity index (χ0v) is 20.7. The van der Waals surface area contributed by atoms with Gasteiger partial charge < -0.3 is 20.7 Å². The molecule has 0 unspecified atom stereocenters. The Labute approximate surface area is 216 Å². The molecule has 0 aliphatic heterocycles. The molecule has 3 atom stereocenters. The average Bonchev–Trinajstić information content (AvgIpc) is 3.29. The van der Waals surface area contributed by atoms with Crippen molar-refractivity contribution in [1.82, 2.24) is 14.9 Å². The molecule has 1 aliphatic carbocycles. The number of imidazole rings is 1. The van der Waals surface area contributed by atoms with Crippen molar-refractivity contribution in [2.24, 2.45) is 11.7 Å². The first-order valence-electron chi connectivity index (χ1n) is 12.8. The molecule has 4 N–H and O–H groups in total. The van der Waals surface area contributed by atoms with Gasteiger partial charge in [-0.05, 0) is 47.6 Å². The molecule has 1 fully saturated rings. The van der Waals surface area contributed by atoms with Crippen molar-refractivity contribution in [3.63, 3.8) is 0 Å². The van der Waals surface area contributed by atoms with Crippen LogP contribution in [0.4, 0.5) is 0 Å². The first kappa shape index (κ1) is 24.7. The Hall–Kier alpha value is -3.97. The zero-order chi connectivity index (χ0) is 25.8. The van der Waals surface area contributed by atoms with E-state index in [-0.39, 0.29) is 24.3 Å². The molecule has 37 heavy (non-hydrogen) atoms. The molecule has 1 heterocycles. The van der Waals surface area contributed by atoms with Gasteiger partial charge in [-0.3, -0.25) is 9.59 Å². The molecule has 5 rings (SSSR count). The monoisotopic (exact) mass is 496 g/mol. The molecule has 7 nitrogen and oxygen atoms in total. The second-order valence-electron chi connectivity index (χ2n) is 9.75. The van der Waals surface area contributed by atoms with E-state index in [1.165, 1.54) is 0 Å². The highest BCUT2D eigenvalue weighted by atomic mass is 16.3. The maximum absolute atomic E-state index is 13.4. The third kappa shape index (κ3) is 5.27. The maximum atomic E-state index is 13.4. The van der Waals surface area contributed by atoms with Crippen LogP contribution in [-0.2, 0) is 22.7 Å². The Kier molecular flexibility index (Phi) is 7.32. The number of hydrogen-bond donors (Lipinski definition) is 3. The highest BCUT2D eigenvalue weighted by Gasteiger charge is 2.34. The highest BCUT2D eigenvalue weighted by Crippen LogP contribution is 2.38. The van der Waals surface area contributed by atoms with E-state index in [0.29, 0.717) is 17.9 Å². The fourth-order valence-electron chi connectivity index (χ4n) is 5.53. The van der Waals surface area contributed by atoms with Crippen LogP contribution in [-0.4, -0.2) is 26.5 Å². The summed E-state index contributed by atoms with van der Waals surface area (Å²) in [5, 5.41) is 12.7. The van der Waals surface area contributed by atoms with E-state index in [4.69, 9.17) is 5.73 Å². The number of benzene rings is 3. The quantitative estimate of drug-likeness (QED) is 0.340. The number of rotatable bonds is 8. The molecule has 1 aromatic heterocycles. The number of carbonyl (C=O) groups excluding carboxylic acids is 2. The Morgan fingerprint density at radius 3 is 2.41 bits per heavy atom. The minimum atomic E-state index is -0.843. The minimum Gasteiger partial charge on any atom is -0.388 e. The van der Waals surface area contributed by atoms with Gasteiger partial charge in [0.25, 0.3) is 0 Å². The number of nitrogens with two attached hydrogens (primary N) is 1. The molecule has 2 amide bonds. The molecule has 7 heteroatoms. The lowest BCUT2D eigenvalue weighted by atomic mass is 9.74. The number of nitrogens with zero attached hydrogens (tertiary/aromatic N) is 2. The minimum absolute atomic E-state index is 0.0779. The van der Waals surface area contributed by atoms with Crippen molar-refractivity contribution in [1.29, 1.82) is 0 Å². The van der Waals surface area contributed by atoms with Crippen molar-refractivity contribution in [3.05, 3.63) is 101 Å². The number of carbonyl (C=O) groups is 2. The van der Waals surface area contributed by atoms with E-state index in [0.717, 1.165) is 47.8 Å². The number of hydrogen-bond acceptors (Lipinski definition) is 4. The van der Waals surface area contributed by atoms with Crippen LogP contribution in [0.2, 0.25) is 0 Å². The Morgan fingerprint density at radius 2 is 1.68 bits per heavy atom. The van der Waals surface area contributed by atoms with E-state index in [9.17, 15) is 14.7 Å². The molecule has 0 bridgehead atoms. The van der Waals surface area contributed by atoms with Crippen LogP contribution < -0.4 is 11.1 Å². The topological polar surface area (TPSA) is 110 Å². The van der Waals surface area contributed by atoms with Crippen LogP contribution in [0.1, 0.15) is 60.2 Å². The van der Waals surface area contributed by atoms with Gasteiger partial charge in [0.15, 0.2) is 0 Å². The van der Waals surface area contributed by atoms with Crippen LogP contribution in [0.15, 0.2) is 78.9 Å². The first-order chi connectivity index (χ1) is 18.0. The smallest absolute Gasteiger partial charge is 0.244 e. The first-order valence-corrected chi connectivity index (χ1v) is 12.8. The van der Waals surface area contributed by atoms with Crippen molar-refractivity contribution in [2.45, 2.75) is 50.8 Å². The van der Waals surface area contributed by atoms with Crippen LogP contribution in [0.5, 0.6) is 0 Å². The summed E-state index contributed by atoms with van der Waals surface area (Å²) in [6.07, 6.45) is 3.75. The van der Waals surface area contributed by atoms with Gasteiger partial charge in [0.1, 0.15) is 18.5 Å². The predicted octanol–water partition coefficient (Wildman–Crippen LogP) is 4.19. The summed E-state index contributed by atoms with van der Waals surface area (Å²) in [4.78, 5) is 30.1. The van der Waals surface area contributed by atoms with Crippen LogP contribution >= 0.6 is 0 Å². The molecule has 0 saturated heterocycles. The normalized spacial score (nSPS) is 18.4. The van der Waals surface area contributed by atoms with Crippen LogP contribution in [0, 0.1) is 5.92 Å². The Morgan fingerprint density at radius 1 is 0.973 bits per heavy atom. The third-order valence-electron chi connectivity index (χ3n) is 7.43. The van der Waals surface area contributed by atoms with Gasteiger partial charge in [-0.2, -0.15) is 0 Å². The van der Waals surface area contributed by atoms with Crippen molar-refractivity contribution in [2.75, 3.05) is 0 Å². The number of para-hydroxylation sites is 2. The summed E-state index contributed by atoms with van der Waals surface area (Å²) in [5.74, 6) is -0.195. The molecule has 1 saturated carbocycles. The number of aromatic nitrogens is 2. The lowest BCUT2D eigenvalue weighted by molar-refractivity contribution is -0.131. The van der Waals surface area contributed by atoms with E-state index in [1.54, 1.807) is 12.1 Å². The lowest BCUT2D eigenvalue weighted by Crippen LogP contribution is -2.42. The summed E-state index contributed by atoms with van der Waals surface area (Å²) in [6.45, 7) is 0.476. The maximum Gasteiger partial charge on any atom is 0.244 e. The number of nitrogens with one attached hydrogen (secondary N) is 1. The van der Waals surface area contributed by atoms with Crippen molar-refractivity contribution in [3.8, 4) is 0 Å². The number of aliphatic hydroxyl groups excluding tert-OH is 1. The number of amides is 2. The van der Waals surface area contributed by atoms with Gasteiger partial charge in [-0.1, -0.05) is 79.6 Å². The highest BCUT2D eigenvalue weighted by molar-refractivity contribution is 5.89. The van der Waals surface area contributed by atoms with E-state index in [2.05, 4.69) is 34.6 Å². The Balaban J connectivity index is 1.34. The van der Waals surface area contributed by atoms with Gasteiger partial charge in [-0.15, -0.1) is 0 Å². The number of aliphatic hydroxyl groups is 1. The summed E-state index contributed by atoms with van der Waals surface area (Å²) < 4.78 is 2.04. The summed E-state index contributed by atoms with van der Waals surface area (Å²) >= 11 is 0. The van der Waals surface area contributed by atoms with E-state index >= 15 is 0 Å². The predicted molar refractivity (Wildman–Crippen MR) is 142 cm³/mol.